The first-order valence-electron chi connectivity index (χ1n) is 6.58. The van der Waals surface area contributed by atoms with Crippen LogP contribution in [0.4, 0.5) is 0 Å². The van der Waals surface area contributed by atoms with Gasteiger partial charge < -0.3 is 15.2 Å². The van der Waals surface area contributed by atoms with Crippen molar-refractivity contribution in [2.75, 3.05) is 27.2 Å². The molecule has 0 bridgehead atoms. The molecule has 1 unspecified atom stereocenters. The number of amides is 1. The topological polar surface area (TPSA) is 48.1 Å². The van der Waals surface area contributed by atoms with E-state index >= 15 is 0 Å². The molecule has 0 fully saturated rings. The van der Waals surface area contributed by atoms with E-state index in [0.29, 0.717) is 5.92 Å². The Bertz CT molecular complexity index is 346. The van der Waals surface area contributed by atoms with Crippen LogP contribution in [0, 0.1) is 11.8 Å². The molecule has 0 aromatic carbocycles. The Morgan fingerprint density at radius 3 is 2.72 bits per heavy atom. The largest absolute Gasteiger partial charge is 0.365 e. The Morgan fingerprint density at radius 2 is 2.22 bits per heavy atom. The zero-order chi connectivity index (χ0) is 13.5. The molecule has 1 amide bonds. The molecule has 0 saturated carbocycles. The lowest BCUT2D eigenvalue weighted by Crippen LogP contribution is -2.40. The smallest absolute Gasteiger partial charge is 0.226 e. The second-order valence-electron chi connectivity index (χ2n) is 5.11. The third-order valence-electron chi connectivity index (χ3n) is 3.30. The average molecular weight is 251 g/mol. The van der Waals surface area contributed by atoms with E-state index in [1.54, 1.807) is 0 Å². The summed E-state index contributed by atoms with van der Waals surface area (Å²) in [5.41, 5.74) is 1.17. The minimum atomic E-state index is 0.0589. The zero-order valence-electron chi connectivity index (χ0n) is 11.9. The van der Waals surface area contributed by atoms with E-state index in [1.165, 1.54) is 5.69 Å². The van der Waals surface area contributed by atoms with Gasteiger partial charge in [-0.1, -0.05) is 13.8 Å². The second kappa shape index (κ2) is 7.21. The molecule has 1 aromatic heterocycles. The molecule has 102 valence electrons. The number of nitrogens with one attached hydrogen (secondary N) is 2. The maximum absolute atomic E-state index is 12.3. The predicted molar refractivity (Wildman–Crippen MR) is 74.4 cm³/mol. The highest BCUT2D eigenvalue weighted by molar-refractivity contribution is 5.79. The molecule has 0 aliphatic heterocycles. The summed E-state index contributed by atoms with van der Waals surface area (Å²) < 4.78 is 0. The van der Waals surface area contributed by atoms with Crippen molar-refractivity contribution in [3.8, 4) is 0 Å². The number of likely N-dealkylation sites (N-methyl/N-ethyl adjacent to an activating group) is 1. The van der Waals surface area contributed by atoms with Gasteiger partial charge in [0, 0.05) is 38.4 Å². The molecule has 1 atom stereocenters. The normalized spacial score (nSPS) is 12.7. The van der Waals surface area contributed by atoms with Gasteiger partial charge in [0.05, 0.1) is 5.92 Å². The van der Waals surface area contributed by atoms with Crippen molar-refractivity contribution in [1.29, 1.82) is 0 Å². The number of nitrogens with zero attached hydrogens (tertiary/aromatic N) is 1. The Morgan fingerprint density at radius 1 is 1.50 bits per heavy atom. The first-order chi connectivity index (χ1) is 8.56. The van der Waals surface area contributed by atoms with Gasteiger partial charge in [-0.3, -0.25) is 4.79 Å². The van der Waals surface area contributed by atoms with E-state index in [1.807, 2.05) is 37.3 Å². The van der Waals surface area contributed by atoms with E-state index in [2.05, 4.69) is 24.1 Å². The monoisotopic (exact) mass is 251 g/mol. The van der Waals surface area contributed by atoms with E-state index in [9.17, 15) is 4.79 Å². The van der Waals surface area contributed by atoms with E-state index in [0.717, 1.165) is 19.5 Å². The molecular formula is C14H25N3O. The first-order valence-corrected chi connectivity index (χ1v) is 6.58. The molecule has 0 spiro atoms. The van der Waals surface area contributed by atoms with Crippen LogP contribution in [0.15, 0.2) is 18.3 Å². The van der Waals surface area contributed by atoms with Gasteiger partial charge in [0.15, 0.2) is 0 Å². The fourth-order valence-electron chi connectivity index (χ4n) is 2.03. The molecule has 0 saturated heterocycles. The van der Waals surface area contributed by atoms with Gasteiger partial charge in [0.2, 0.25) is 5.91 Å². The Balaban J connectivity index is 2.48. The van der Waals surface area contributed by atoms with E-state index < -0.39 is 0 Å². The number of hydrogen-bond donors (Lipinski definition) is 2. The van der Waals surface area contributed by atoms with Crippen LogP contribution in [0.25, 0.3) is 0 Å². The minimum Gasteiger partial charge on any atom is -0.365 e. The van der Waals surface area contributed by atoms with Crippen molar-refractivity contribution >= 4 is 5.91 Å². The molecule has 4 heteroatoms. The fraction of sp³-hybridized carbons (Fsp3) is 0.643. The standard InChI is InChI=1S/C14H25N3O/c1-11(2)13(10-15-3)14(18)17(4)9-7-12-6-5-8-16-12/h5-6,8,11,13,15-16H,7,9-10H2,1-4H3. The van der Waals surface area contributed by atoms with Gasteiger partial charge in [-0.15, -0.1) is 0 Å². The lowest BCUT2D eigenvalue weighted by molar-refractivity contribution is -0.135. The molecular weight excluding hydrogens is 226 g/mol. The van der Waals surface area contributed by atoms with Crippen LogP contribution in [0.1, 0.15) is 19.5 Å². The number of hydrogen-bond acceptors (Lipinski definition) is 2. The van der Waals surface area contributed by atoms with Gasteiger partial charge in [0.1, 0.15) is 0 Å². The van der Waals surface area contributed by atoms with Gasteiger partial charge >= 0.3 is 0 Å². The van der Waals surface area contributed by atoms with Crippen molar-refractivity contribution in [2.45, 2.75) is 20.3 Å². The van der Waals surface area contributed by atoms with Gasteiger partial charge in [0.25, 0.3) is 0 Å². The Labute approximate surface area is 110 Å². The molecule has 1 aromatic rings. The highest BCUT2D eigenvalue weighted by atomic mass is 16.2. The number of carbonyl (C=O) groups excluding carboxylic acids is 1. The Kier molecular flexibility index (Phi) is 5.92. The summed E-state index contributed by atoms with van der Waals surface area (Å²) in [6.45, 7) is 5.69. The number of aromatic amines is 1. The number of H-pyrrole nitrogens is 1. The van der Waals surface area contributed by atoms with Crippen molar-refractivity contribution in [2.24, 2.45) is 11.8 Å². The highest BCUT2D eigenvalue weighted by Gasteiger charge is 2.24. The van der Waals surface area contributed by atoms with Gasteiger partial charge in [-0.2, -0.15) is 0 Å². The molecule has 4 nitrogen and oxygen atoms in total. The number of carbonyl (C=O) groups is 1. The molecule has 0 radical (unpaired) electrons. The zero-order valence-corrected chi connectivity index (χ0v) is 11.9. The number of aromatic nitrogens is 1. The summed E-state index contributed by atoms with van der Waals surface area (Å²) >= 11 is 0. The lowest BCUT2D eigenvalue weighted by atomic mass is 9.94. The maximum Gasteiger partial charge on any atom is 0.226 e. The van der Waals surface area contributed by atoms with Crippen molar-refractivity contribution < 1.29 is 4.79 Å². The quantitative estimate of drug-likeness (QED) is 0.771. The highest BCUT2D eigenvalue weighted by Crippen LogP contribution is 2.13. The third kappa shape index (κ3) is 4.18. The molecule has 18 heavy (non-hydrogen) atoms. The lowest BCUT2D eigenvalue weighted by Gasteiger charge is -2.26. The summed E-state index contributed by atoms with van der Waals surface area (Å²) in [4.78, 5) is 17.3. The molecule has 2 N–H and O–H groups in total. The van der Waals surface area contributed by atoms with Crippen LogP contribution in [0.5, 0.6) is 0 Å². The average Bonchev–Trinajstić information content (AvgIpc) is 2.84. The second-order valence-corrected chi connectivity index (χ2v) is 5.11. The summed E-state index contributed by atoms with van der Waals surface area (Å²) in [7, 11) is 3.78. The molecule has 1 rings (SSSR count). The van der Waals surface area contributed by atoms with Crippen LogP contribution in [-0.2, 0) is 11.2 Å². The summed E-state index contributed by atoms with van der Waals surface area (Å²) in [6.07, 6.45) is 2.79. The predicted octanol–water partition coefficient (Wildman–Crippen LogP) is 1.51. The van der Waals surface area contributed by atoms with Crippen molar-refractivity contribution in [1.82, 2.24) is 15.2 Å². The van der Waals surface area contributed by atoms with E-state index in [4.69, 9.17) is 0 Å². The van der Waals surface area contributed by atoms with E-state index in [-0.39, 0.29) is 11.8 Å². The SMILES string of the molecule is CNCC(C(=O)N(C)CCc1ccc[nH]1)C(C)C. The minimum absolute atomic E-state index is 0.0589. The van der Waals surface area contributed by atoms with Crippen LogP contribution in [-0.4, -0.2) is 43.0 Å². The van der Waals surface area contributed by atoms with Crippen LogP contribution < -0.4 is 5.32 Å². The van der Waals surface area contributed by atoms with Crippen molar-refractivity contribution in [3.05, 3.63) is 24.0 Å². The van der Waals surface area contributed by atoms with Gasteiger partial charge in [-0.25, -0.2) is 0 Å². The van der Waals surface area contributed by atoms with Crippen LogP contribution in [0.3, 0.4) is 0 Å². The maximum atomic E-state index is 12.3. The summed E-state index contributed by atoms with van der Waals surface area (Å²) in [5.74, 6) is 0.646. The molecule has 0 aliphatic carbocycles. The van der Waals surface area contributed by atoms with Gasteiger partial charge in [-0.05, 0) is 25.1 Å². The summed E-state index contributed by atoms with van der Waals surface area (Å²) in [6, 6.07) is 4.03. The Hall–Kier alpha value is -1.29. The number of rotatable bonds is 7. The fourth-order valence-corrected chi connectivity index (χ4v) is 2.03. The van der Waals surface area contributed by atoms with Crippen molar-refractivity contribution in [3.63, 3.8) is 0 Å². The third-order valence-corrected chi connectivity index (χ3v) is 3.30. The first kappa shape index (κ1) is 14.8. The summed E-state index contributed by atoms with van der Waals surface area (Å²) in [5, 5.41) is 3.10. The molecule has 1 heterocycles. The van der Waals surface area contributed by atoms with Crippen LogP contribution >= 0.6 is 0 Å². The molecule has 0 aliphatic rings. The van der Waals surface area contributed by atoms with Crippen LogP contribution in [0.2, 0.25) is 0 Å².